The SMILES string of the molecule is COc1ccc(F)cc1-c1csc(NC(=O)c2ccc(N3CCCC3)c([N+](=O)[O-])c2)n1. The van der Waals surface area contributed by atoms with Crippen molar-refractivity contribution >= 4 is 33.8 Å². The zero-order valence-electron chi connectivity index (χ0n) is 16.6. The molecule has 0 atom stereocenters. The van der Waals surface area contributed by atoms with Crippen molar-refractivity contribution in [3.63, 3.8) is 0 Å². The van der Waals surface area contributed by atoms with Crippen molar-refractivity contribution in [1.82, 2.24) is 4.98 Å². The lowest BCUT2D eigenvalue weighted by Gasteiger charge is -2.17. The molecule has 0 radical (unpaired) electrons. The second-order valence-electron chi connectivity index (χ2n) is 6.99. The lowest BCUT2D eigenvalue weighted by atomic mass is 10.1. The van der Waals surface area contributed by atoms with E-state index in [1.54, 1.807) is 17.5 Å². The fourth-order valence-corrected chi connectivity index (χ4v) is 4.25. The van der Waals surface area contributed by atoms with Gasteiger partial charge in [-0.2, -0.15) is 0 Å². The van der Waals surface area contributed by atoms with Crippen LogP contribution >= 0.6 is 11.3 Å². The predicted octanol–water partition coefficient (Wildman–Crippen LogP) is 4.72. The Hall–Kier alpha value is -3.53. The molecule has 0 bridgehead atoms. The molecule has 1 aliphatic rings. The van der Waals surface area contributed by atoms with E-state index in [0.29, 0.717) is 22.7 Å². The predicted molar refractivity (Wildman–Crippen MR) is 117 cm³/mol. The van der Waals surface area contributed by atoms with Crippen molar-refractivity contribution in [3.05, 3.63) is 63.3 Å². The van der Waals surface area contributed by atoms with Gasteiger partial charge in [0.1, 0.15) is 17.3 Å². The number of aromatic nitrogens is 1. The first-order valence-corrected chi connectivity index (χ1v) is 10.5. The number of halogens is 1. The summed E-state index contributed by atoms with van der Waals surface area (Å²) in [6, 6.07) is 8.57. The minimum Gasteiger partial charge on any atom is -0.496 e. The van der Waals surface area contributed by atoms with Crippen molar-refractivity contribution in [2.75, 3.05) is 30.4 Å². The van der Waals surface area contributed by atoms with E-state index in [1.165, 1.54) is 31.4 Å². The molecule has 160 valence electrons. The molecule has 8 nitrogen and oxygen atoms in total. The van der Waals surface area contributed by atoms with Gasteiger partial charge >= 0.3 is 0 Å². The van der Waals surface area contributed by atoms with Crippen LogP contribution in [-0.2, 0) is 0 Å². The van der Waals surface area contributed by atoms with E-state index < -0.39 is 16.6 Å². The summed E-state index contributed by atoms with van der Waals surface area (Å²) in [7, 11) is 1.48. The van der Waals surface area contributed by atoms with Gasteiger partial charge in [0.2, 0.25) is 0 Å². The van der Waals surface area contributed by atoms with Crippen molar-refractivity contribution in [1.29, 1.82) is 0 Å². The molecule has 0 aliphatic carbocycles. The van der Waals surface area contributed by atoms with Gasteiger partial charge in [0, 0.05) is 35.7 Å². The minimum absolute atomic E-state index is 0.0983. The van der Waals surface area contributed by atoms with Crippen LogP contribution in [0, 0.1) is 15.9 Å². The molecule has 1 aromatic heterocycles. The van der Waals surface area contributed by atoms with Crippen molar-refractivity contribution in [2.45, 2.75) is 12.8 Å². The summed E-state index contributed by atoms with van der Waals surface area (Å²) in [4.78, 5) is 30.1. The Morgan fingerprint density at radius 3 is 2.74 bits per heavy atom. The molecule has 2 heterocycles. The summed E-state index contributed by atoms with van der Waals surface area (Å²) in [5.41, 5.74) is 1.50. The molecule has 0 spiro atoms. The average molecular weight is 442 g/mol. The Kier molecular flexibility index (Phi) is 5.81. The zero-order chi connectivity index (χ0) is 22.0. The van der Waals surface area contributed by atoms with Crippen molar-refractivity contribution in [3.8, 4) is 17.0 Å². The molecule has 2 aromatic carbocycles. The number of nitrogens with one attached hydrogen (secondary N) is 1. The smallest absolute Gasteiger partial charge is 0.293 e. The van der Waals surface area contributed by atoms with Gasteiger partial charge in [0.25, 0.3) is 11.6 Å². The van der Waals surface area contributed by atoms with Gasteiger partial charge < -0.3 is 9.64 Å². The number of benzene rings is 2. The van der Waals surface area contributed by atoms with Gasteiger partial charge in [-0.25, -0.2) is 9.37 Å². The number of hydrogen-bond acceptors (Lipinski definition) is 7. The first-order valence-electron chi connectivity index (χ1n) is 9.60. The first-order chi connectivity index (χ1) is 15.0. The van der Waals surface area contributed by atoms with E-state index in [0.717, 1.165) is 37.3 Å². The molecule has 1 saturated heterocycles. The number of rotatable bonds is 6. The number of nitro groups is 1. The summed E-state index contributed by atoms with van der Waals surface area (Å²) < 4.78 is 18.9. The Balaban J connectivity index is 1.56. The minimum atomic E-state index is -0.511. The summed E-state index contributed by atoms with van der Waals surface area (Å²) in [5, 5.41) is 16.2. The second-order valence-corrected chi connectivity index (χ2v) is 7.85. The highest BCUT2D eigenvalue weighted by molar-refractivity contribution is 7.14. The molecule has 31 heavy (non-hydrogen) atoms. The molecule has 1 N–H and O–H groups in total. The molecule has 1 amide bonds. The topological polar surface area (TPSA) is 97.6 Å². The Bertz CT molecular complexity index is 1140. The lowest BCUT2D eigenvalue weighted by molar-refractivity contribution is -0.384. The fraction of sp³-hybridized carbons (Fsp3) is 0.238. The van der Waals surface area contributed by atoms with Crippen LogP contribution in [0.3, 0.4) is 0 Å². The van der Waals surface area contributed by atoms with Crippen LogP contribution in [0.5, 0.6) is 5.75 Å². The van der Waals surface area contributed by atoms with Crippen LogP contribution in [0.25, 0.3) is 11.3 Å². The van der Waals surface area contributed by atoms with Crippen LogP contribution in [0.4, 0.5) is 20.9 Å². The summed E-state index contributed by atoms with van der Waals surface area (Å²) in [6.45, 7) is 1.52. The second kappa shape index (κ2) is 8.68. The van der Waals surface area contributed by atoms with Gasteiger partial charge in [0.05, 0.1) is 17.7 Å². The molecule has 1 fully saturated rings. The van der Waals surface area contributed by atoms with Crippen molar-refractivity contribution in [2.24, 2.45) is 0 Å². The normalized spacial score (nSPS) is 13.3. The standard InChI is InChI=1S/C21H19FN4O4S/c1-30-19-7-5-14(22)11-15(19)16-12-31-21(23-16)24-20(27)13-4-6-17(18(10-13)26(28)29)25-8-2-3-9-25/h4-7,10-12H,2-3,8-9H2,1H3,(H,23,24,27). The van der Waals surface area contributed by atoms with E-state index in [2.05, 4.69) is 10.3 Å². The first kappa shape index (κ1) is 20.7. The number of hydrogen-bond donors (Lipinski definition) is 1. The molecule has 0 saturated carbocycles. The van der Waals surface area contributed by atoms with Crippen LogP contribution in [0.1, 0.15) is 23.2 Å². The zero-order valence-corrected chi connectivity index (χ0v) is 17.4. The van der Waals surface area contributed by atoms with Gasteiger partial charge in [-0.3, -0.25) is 20.2 Å². The van der Waals surface area contributed by atoms with Crippen LogP contribution < -0.4 is 15.0 Å². The molecule has 3 aromatic rings. The number of carbonyl (C=O) groups is 1. The molecule has 1 aliphatic heterocycles. The van der Waals surface area contributed by atoms with E-state index in [4.69, 9.17) is 4.74 Å². The fourth-order valence-electron chi connectivity index (χ4n) is 3.54. The van der Waals surface area contributed by atoms with Crippen molar-refractivity contribution < 1.29 is 18.8 Å². The number of amides is 1. The highest BCUT2D eigenvalue weighted by Gasteiger charge is 2.24. The highest BCUT2D eigenvalue weighted by Crippen LogP contribution is 2.34. The average Bonchev–Trinajstić information content (AvgIpc) is 3.45. The van der Waals surface area contributed by atoms with E-state index >= 15 is 0 Å². The number of ether oxygens (including phenoxy) is 1. The number of thiazole rings is 1. The number of carbonyl (C=O) groups excluding carboxylic acids is 1. The largest absolute Gasteiger partial charge is 0.496 e. The molecular weight excluding hydrogens is 423 g/mol. The molecule has 10 heteroatoms. The van der Waals surface area contributed by atoms with Crippen LogP contribution in [0.15, 0.2) is 41.8 Å². The summed E-state index contributed by atoms with van der Waals surface area (Å²) in [5.74, 6) is -0.485. The number of nitrogens with zero attached hydrogens (tertiary/aromatic N) is 3. The Morgan fingerprint density at radius 1 is 1.26 bits per heavy atom. The third-order valence-corrected chi connectivity index (χ3v) is 5.80. The van der Waals surface area contributed by atoms with Crippen LogP contribution in [-0.4, -0.2) is 36.0 Å². The number of anilines is 2. The molecular formula is C21H19FN4O4S. The van der Waals surface area contributed by atoms with E-state index in [9.17, 15) is 19.3 Å². The Labute approximate surface area is 181 Å². The maximum atomic E-state index is 13.6. The third kappa shape index (κ3) is 4.33. The molecule has 4 rings (SSSR count). The Morgan fingerprint density at radius 2 is 2.03 bits per heavy atom. The number of methoxy groups -OCH3 is 1. The maximum absolute atomic E-state index is 13.6. The van der Waals surface area contributed by atoms with Gasteiger partial charge in [-0.15, -0.1) is 11.3 Å². The maximum Gasteiger partial charge on any atom is 0.293 e. The lowest BCUT2D eigenvalue weighted by Crippen LogP contribution is -2.19. The van der Waals surface area contributed by atoms with E-state index in [1.807, 2.05) is 4.90 Å². The van der Waals surface area contributed by atoms with E-state index in [-0.39, 0.29) is 16.4 Å². The number of nitro benzene ring substituents is 1. The summed E-state index contributed by atoms with van der Waals surface area (Å²) in [6.07, 6.45) is 1.98. The molecule has 0 unspecified atom stereocenters. The van der Waals surface area contributed by atoms with Gasteiger partial charge in [-0.05, 0) is 43.2 Å². The monoisotopic (exact) mass is 442 g/mol. The van der Waals surface area contributed by atoms with Gasteiger partial charge in [0.15, 0.2) is 5.13 Å². The van der Waals surface area contributed by atoms with Crippen LogP contribution in [0.2, 0.25) is 0 Å². The van der Waals surface area contributed by atoms with Gasteiger partial charge in [-0.1, -0.05) is 0 Å². The quantitative estimate of drug-likeness (QED) is 0.438. The highest BCUT2D eigenvalue weighted by atomic mass is 32.1. The third-order valence-electron chi connectivity index (χ3n) is 5.04. The summed E-state index contributed by atoms with van der Waals surface area (Å²) >= 11 is 1.16.